The number of carbonyl (C=O) groups is 2. The van der Waals surface area contributed by atoms with E-state index in [9.17, 15) is 9.59 Å². The summed E-state index contributed by atoms with van der Waals surface area (Å²) in [5.74, 6) is -0.136. The molecule has 7 nitrogen and oxygen atoms in total. The number of carbonyl (C=O) groups excluding carboxylic acids is 2. The Kier molecular flexibility index (Phi) is 5.32. The van der Waals surface area contributed by atoms with E-state index in [1.807, 2.05) is 13.8 Å². The molecule has 4 N–H and O–H groups in total. The highest BCUT2D eigenvalue weighted by atomic mass is 16.2. The number of rotatable bonds is 6. The summed E-state index contributed by atoms with van der Waals surface area (Å²) in [5, 5.41) is 15.9. The highest BCUT2D eigenvalue weighted by Gasteiger charge is 2.20. The Bertz CT molecular complexity index is 509. The van der Waals surface area contributed by atoms with Crippen LogP contribution in [0.3, 0.4) is 0 Å². The van der Waals surface area contributed by atoms with Crippen molar-refractivity contribution in [3.8, 4) is 0 Å². The summed E-state index contributed by atoms with van der Waals surface area (Å²) < 4.78 is 0. The minimum absolute atomic E-state index is 0.0114. The topological polar surface area (TPSA) is 98.9 Å². The van der Waals surface area contributed by atoms with Crippen LogP contribution in [0, 0.1) is 5.92 Å². The normalized spacial score (nSPS) is 13.9. The quantitative estimate of drug-likeness (QED) is 0.553. The van der Waals surface area contributed by atoms with Gasteiger partial charge in [0.25, 0.3) is 5.91 Å². The lowest BCUT2D eigenvalue weighted by Gasteiger charge is -2.13. The van der Waals surface area contributed by atoms with Crippen molar-refractivity contribution < 1.29 is 9.59 Å². The van der Waals surface area contributed by atoms with Crippen LogP contribution in [0.5, 0.6) is 0 Å². The second-order valence-electron chi connectivity index (χ2n) is 5.51. The van der Waals surface area contributed by atoms with E-state index in [4.69, 9.17) is 0 Å². The summed E-state index contributed by atoms with van der Waals surface area (Å²) in [6.45, 7) is 6.38. The molecule has 0 radical (unpaired) electrons. The number of nitrogens with one attached hydrogen (secondary N) is 4. The van der Waals surface area contributed by atoms with Gasteiger partial charge in [-0.3, -0.25) is 14.7 Å². The summed E-state index contributed by atoms with van der Waals surface area (Å²) in [5.41, 5.74) is 2.48. The molecule has 1 aromatic rings. The second-order valence-corrected chi connectivity index (χ2v) is 5.51. The molecule has 2 amide bonds. The van der Waals surface area contributed by atoms with Crippen molar-refractivity contribution >= 4 is 11.8 Å². The first-order valence-corrected chi connectivity index (χ1v) is 7.42. The van der Waals surface area contributed by atoms with E-state index in [2.05, 4.69) is 26.1 Å². The maximum Gasteiger partial charge on any atom is 0.272 e. The van der Waals surface area contributed by atoms with Crippen LogP contribution in [0.2, 0.25) is 0 Å². The molecule has 2 rings (SSSR count). The van der Waals surface area contributed by atoms with Crippen LogP contribution in [-0.2, 0) is 17.8 Å². The Hall–Kier alpha value is -1.89. The van der Waals surface area contributed by atoms with Crippen LogP contribution in [-0.4, -0.2) is 41.6 Å². The van der Waals surface area contributed by atoms with Crippen LogP contribution in [0.1, 0.15) is 42.0 Å². The minimum atomic E-state index is -0.161. The van der Waals surface area contributed by atoms with Gasteiger partial charge in [0.15, 0.2) is 5.69 Å². The lowest BCUT2D eigenvalue weighted by atomic mass is 10.1. The van der Waals surface area contributed by atoms with Crippen LogP contribution >= 0.6 is 0 Å². The monoisotopic (exact) mass is 293 g/mol. The third kappa shape index (κ3) is 4.04. The smallest absolute Gasteiger partial charge is 0.272 e. The van der Waals surface area contributed by atoms with E-state index in [1.165, 1.54) is 0 Å². The fraction of sp³-hybridized carbons (Fsp3) is 0.643. The highest BCUT2D eigenvalue weighted by molar-refractivity contribution is 5.94. The van der Waals surface area contributed by atoms with Crippen molar-refractivity contribution in [3.63, 3.8) is 0 Å². The predicted molar refractivity (Wildman–Crippen MR) is 78.8 cm³/mol. The van der Waals surface area contributed by atoms with E-state index in [1.54, 1.807) is 0 Å². The molecule has 0 aromatic carbocycles. The van der Waals surface area contributed by atoms with Gasteiger partial charge in [-0.25, -0.2) is 0 Å². The van der Waals surface area contributed by atoms with Gasteiger partial charge in [-0.2, -0.15) is 5.10 Å². The maximum atomic E-state index is 12.1. The highest BCUT2D eigenvalue weighted by Crippen LogP contribution is 2.14. The van der Waals surface area contributed by atoms with E-state index < -0.39 is 0 Å². The van der Waals surface area contributed by atoms with E-state index in [0.717, 1.165) is 24.2 Å². The molecule has 0 atom stereocenters. The van der Waals surface area contributed by atoms with E-state index in [-0.39, 0.29) is 17.7 Å². The summed E-state index contributed by atoms with van der Waals surface area (Å²) in [4.78, 5) is 23.4. The van der Waals surface area contributed by atoms with E-state index in [0.29, 0.717) is 31.7 Å². The molecule has 2 heterocycles. The Labute approximate surface area is 124 Å². The zero-order chi connectivity index (χ0) is 15.2. The fourth-order valence-electron chi connectivity index (χ4n) is 2.20. The Morgan fingerprint density at radius 3 is 2.81 bits per heavy atom. The number of fused-ring (bicyclic) bond motifs is 1. The molecule has 0 unspecified atom stereocenters. The number of hydrogen-bond acceptors (Lipinski definition) is 4. The molecule has 0 saturated carbocycles. The Morgan fingerprint density at radius 1 is 1.29 bits per heavy atom. The summed E-state index contributed by atoms with van der Waals surface area (Å²) in [7, 11) is 0. The molecule has 116 valence electrons. The van der Waals surface area contributed by atoms with Gasteiger partial charge in [0, 0.05) is 49.8 Å². The molecule has 0 saturated heterocycles. The predicted octanol–water partition coefficient (Wildman–Crippen LogP) is -0.0525. The van der Waals surface area contributed by atoms with Crippen molar-refractivity contribution in [2.45, 2.75) is 33.2 Å². The average molecular weight is 293 g/mol. The molecule has 0 bridgehead atoms. The lowest BCUT2D eigenvalue weighted by Crippen LogP contribution is -2.32. The standard InChI is InChI=1S/C14H23N5O2/c1-9(2)13(20)16-5-3-6-17-14(21)12-10-8-15-7-4-11(10)18-19-12/h9,15H,3-8H2,1-2H3,(H,16,20)(H,17,21)(H,18,19). The molecule has 0 fully saturated rings. The number of hydrogen-bond donors (Lipinski definition) is 4. The van der Waals surface area contributed by atoms with Gasteiger partial charge in [0.2, 0.25) is 5.91 Å². The molecule has 1 aliphatic heterocycles. The molecule has 0 aliphatic carbocycles. The second kappa shape index (κ2) is 7.21. The van der Waals surface area contributed by atoms with Gasteiger partial charge in [0.05, 0.1) is 0 Å². The molecule has 1 aromatic heterocycles. The van der Waals surface area contributed by atoms with E-state index >= 15 is 0 Å². The first-order valence-electron chi connectivity index (χ1n) is 7.42. The van der Waals surface area contributed by atoms with Crippen molar-refractivity contribution in [1.82, 2.24) is 26.1 Å². The summed E-state index contributed by atoms with van der Waals surface area (Å²) in [6, 6.07) is 0. The molecule has 0 spiro atoms. The third-order valence-electron chi connectivity index (χ3n) is 3.48. The van der Waals surface area contributed by atoms with Crippen LogP contribution in [0.4, 0.5) is 0 Å². The number of aromatic nitrogens is 2. The minimum Gasteiger partial charge on any atom is -0.356 e. The molecule has 21 heavy (non-hydrogen) atoms. The summed E-state index contributed by atoms with van der Waals surface area (Å²) in [6.07, 6.45) is 1.58. The van der Waals surface area contributed by atoms with Gasteiger partial charge in [-0.15, -0.1) is 0 Å². The number of aromatic amines is 1. The van der Waals surface area contributed by atoms with Gasteiger partial charge >= 0.3 is 0 Å². The first kappa shape index (κ1) is 15.5. The van der Waals surface area contributed by atoms with Gasteiger partial charge in [0.1, 0.15) is 0 Å². The van der Waals surface area contributed by atoms with Crippen molar-refractivity contribution in [2.24, 2.45) is 5.92 Å². The third-order valence-corrected chi connectivity index (χ3v) is 3.48. The molecular formula is C14H23N5O2. The largest absolute Gasteiger partial charge is 0.356 e. The molecular weight excluding hydrogens is 270 g/mol. The number of nitrogens with zero attached hydrogens (tertiary/aromatic N) is 1. The Balaban J connectivity index is 1.73. The molecule has 7 heteroatoms. The van der Waals surface area contributed by atoms with Crippen molar-refractivity contribution in [2.75, 3.05) is 19.6 Å². The van der Waals surface area contributed by atoms with Gasteiger partial charge in [-0.1, -0.05) is 13.8 Å². The van der Waals surface area contributed by atoms with Crippen LogP contribution < -0.4 is 16.0 Å². The average Bonchev–Trinajstić information content (AvgIpc) is 2.90. The summed E-state index contributed by atoms with van der Waals surface area (Å²) >= 11 is 0. The first-order chi connectivity index (χ1) is 10.1. The fourth-order valence-corrected chi connectivity index (χ4v) is 2.20. The Morgan fingerprint density at radius 2 is 2.05 bits per heavy atom. The molecule has 1 aliphatic rings. The van der Waals surface area contributed by atoms with Crippen molar-refractivity contribution in [3.05, 3.63) is 17.0 Å². The van der Waals surface area contributed by atoms with Crippen LogP contribution in [0.25, 0.3) is 0 Å². The van der Waals surface area contributed by atoms with Crippen LogP contribution in [0.15, 0.2) is 0 Å². The van der Waals surface area contributed by atoms with Gasteiger partial charge < -0.3 is 16.0 Å². The lowest BCUT2D eigenvalue weighted by molar-refractivity contribution is -0.123. The zero-order valence-corrected chi connectivity index (χ0v) is 12.6. The number of amides is 2. The SMILES string of the molecule is CC(C)C(=O)NCCCNC(=O)c1n[nH]c2c1CNCC2. The van der Waals surface area contributed by atoms with Gasteiger partial charge in [-0.05, 0) is 6.42 Å². The maximum absolute atomic E-state index is 12.1. The van der Waals surface area contributed by atoms with Crippen molar-refractivity contribution in [1.29, 1.82) is 0 Å². The number of H-pyrrole nitrogens is 1. The zero-order valence-electron chi connectivity index (χ0n) is 12.6.